The van der Waals surface area contributed by atoms with E-state index in [-0.39, 0.29) is 17.3 Å². The van der Waals surface area contributed by atoms with E-state index < -0.39 is 10.9 Å². The van der Waals surface area contributed by atoms with Crippen LogP contribution in [0.3, 0.4) is 0 Å². The Labute approximate surface area is 148 Å². The van der Waals surface area contributed by atoms with Gasteiger partial charge < -0.3 is 14.2 Å². The van der Waals surface area contributed by atoms with Crippen LogP contribution in [0.4, 0.5) is 5.69 Å². The smallest absolute Gasteiger partial charge is 0.363 e. The number of hydrogen-bond donors (Lipinski definition) is 0. The van der Waals surface area contributed by atoms with E-state index in [9.17, 15) is 14.9 Å². The first-order valence-corrected chi connectivity index (χ1v) is 7.51. The van der Waals surface area contributed by atoms with Crippen molar-refractivity contribution < 1.29 is 23.9 Å². The fourth-order valence-corrected chi connectivity index (χ4v) is 2.34. The molecule has 8 nitrogen and oxygen atoms in total. The molecule has 2 aromatic carbocycles. The Kier molecular flexibility index (Phi) is 4.66. The number of hydrogen-bond acceptors (Lipinski definition) is 7. The zero-order chi connectivity index (χ0) is 18.7. The quantitative estimate of drug-likeness (QED) is 0.354. The maximum absolute atomic E-state index is 12.1. The van der Waals surface area contributed by atoms with E-state index in [0.29, 0.717) is 22.6 Å². The Bertz CT molecular complexity index is 931. The van der Waals surface area contributed by atoms with Gasteiger partial charge >= 0.3 is 5.97 Å². The summed E-state index contributed by atoms with van der Waals surface area (Å²) in [5.74, 6) is 0.608. The second kappa shape index (κ2) is 7.06. The van der Waals surface area contributed by atoms with Gasteiger partial charge in [0.15, 0.2) is 5.70 Å². The highest BCUT2D eigenvalue weighted by molar-refractivity contribution is 6.13. The summed E-state index contributed by atoms with van der Waals surface area (Å²) in [6, 6.07) is 10.7. The number of rotatable bonds is 5. The second-order valence-corrected chi connectivity index (χ2v) is 5.25. The third kappa shape index (κ3) is 3.39. The summed E-state index contributed by atoms with van der Waals surface area (Å²) < 4.78 is 15.6. The van der Waals surface area contributed by atoms with Gasteiger partial charge in [-0.2, -0.15) is 0 Å². The second-order valence-electron chi connectivity index (χ2n) is 5.25. The number of benzene rings is 2. The molecule has 0 aromatic heterocycles. The highest BCUT2D eigenvalue weighted by atomic mass is 16.6. The Morgan fingerprint density at radius 1 is 1.12 bits per heavy atom. The summed E-state index contributed by atoms with van der Waals surface area (Å²) in [7, 11) is 3.05. The van der Waals surface area contributed by atoms with E-state index in [1.165, 1.54) is 31.4 Å². The van der Waals surface area contributed by atoms with Gasteiger partial charge in [-0.05, 0) is 30.3 Å². The van der Waals surface area contributed by atoms with Crippen molar-refractivity contribution in [1.82, 2.24) is 0 Å². The minimum absolute atomic E-state index is 0.0580. The van der Waals surface area contributed by atoms with Crippen LogP contribution in [0.1, 0.15) is 11.1 Å². The molecule has 0 radical (unpaired) electrons. The van der Waals surface area contributed by atoms with Crippen molar-refractivity contribution in [1.29, 1.82) is 0 Å². The van der Waals surface area contributed by atoms with Gasteiger partial charge in [-0.3, -0.25) is 10.1 Å². The van der Waals surface area contributed by atoms with Crippen LogP contribution in [0.2, 0.25) is 0 Å². The molecule has 1 heterocycles. The third-order valence-electron chi connectivity index (χ3n) is 3.68. The van der Waals surface area contributed by atoms with Crippen LogP contribution in [0.5, 0.6) is 11.5 Å². The van der Waals surface area contributed by atoms with Gasteiger partial charge in [0.25, 0.3) is 5.69 Å². The number of esters is 1. The molecule has 0 spiro atoms. The van der Waals surface area contributed by atoms with E-state index in [1.54, 1.807) is 31.4 Å². The number of methoxy groups -OCH3 is 2. The highest BCUT2D eigenvalue weighted by Gasteiger charge is 2.25. The molecule has 0 saturated heterocycles. The number of cyclic esters (lactones) is 1. The summed E-state index contributed by atoms with van der Waals surface area (Å²) in [6.07, 6.45) is 1.54. The lowest BCUT2D eigenvalue weighted by Crippen LogP contribution is -2.05. The first kappa shape index (κ1) is 17.2. The van der Waals surface area contributed by atoms with Crippen molar-refractivity contribution in [3.8, 4) is 11.5 Å². The Morgan fingerprint density at radius 3 is 2.46 bits per heavy atom. The van der Waals surface area contributed by atoms with Crippen LogP contribution in [0.25, 0.3) is 6.08 Å². The topological polar surface area (TPSA) is 100 Å². The molecule has 2 aromatic rings. The number of carbonyl (C=O) groups excluding carboxylic acids is 1. The van der Waals surface area contributed by atoms with Crippen LogP contribution in [0, 0.1) is 10.1 Å². The normalized spacial score (nSPS) is 14.8. The molecule has 0 N–H and O–H groups in total. The summed E-state index contributed by atoms with van der Waals surface area (Å²) in [6.45, 7) is 0. The minimum Gasteiger partial charge on any atom is -0.497 e. The number of ether oxygens (including phenoxy) is 3. The maximum Gasteiger partial charge on any atom is 0.363 e. The molecule has 1 aliphatic rings. The van der Waals surface area contributed by atoms with Crippen molar-refractivity contribution in [2.45, 2.75) is 0 Å². The predicted molar refractivity (Wildman–Crippen MR) is 93.2 cm³/mol. The number of nitrogens with zero attached hydrogens (tertiary/aromatic N) is 2. The lowest BCUT2D eigenvalue weighted by molar-refractivity contribution is -0.384. The van der Waals surface area contributed by atoms with Crippen LogP contribution >= 0.6 is 0 Å². The predicted octanol–water partition coefficient (Wildman–Crippen LogP) is 2.96. The molecule has 132 valence electrons. The number of nitro groups is 1. The number of aliphatic imine (C=N–C) groups is 1. The average Bonchev–Trinajstić information content (AvgIpc) is 3.02. The Morgan fingerprint density at radius 2 is 1.85 bits per heavy atom. The largest absolute Gasteiger partial charge is 0.497 e. The third-order valence-corrected chi connectivity index (χ3v) is 3.68. The Balaban J connectivity index is 1.92. The minimum atomic E-state index is -0.615. The van der Waals surface area contributed by atoms with Crippen molar-refractivity contribution in [3.05, 3.63) is 69.4 Å². The van der Waals surface area contributed by atoms with Gasteiger partial charge in [0.1, 0.15) is 11.5 Å². The van der Waals surface area contributed by atoms with Crippen LogP contribution in [-0.4, -0.2) is 31.0 Å². The molecular formula is C18H14N2O6. The summed E-state index contributed by atoms with van der Waals surface area (Å²) in [5, 5.41) is 10.7. The number of carbonyl (C=O) groups is 1. The fourth-order valence-electron chi connectivity index (χ4n) is 2.34. The van der Waals surface area contributed by atoms with Crippen molar-refractivity contribution >= 4 is 23.6 Å². The molecule has 0 bridgehead atoms. The molecule has 26 heavy (non-hydrogen) atoms. The van der Waals surface area contributed by atoms with Crippen molar-refractivity contribution in [3.63, 3.8) is 0 Å². The first-order chi connectivity index (χ1) is 12.5. The molecule has 3 rings (SSSR count). The van der Waals surface area contributed by atoms with Crippen molar-refractivity contribution in [2.75, 3.05) is 14.2 Å². The monoisotopic (exact) mass is 354 g/mol. The average molecular weight is 354 g/mol. The lowest BCUT2D eigenvalue weighted by atomic mass is 10.1. The molecule has 0 aliphatic carbocycles. The molecule has 0 atom stereocenters. The molecule has 8 heteroatoms. The zero-order valence-electron chi connectivity index (χ0n) is 14.0. The molecule has 0 amide bonds. The standard InChI is InChI=1S/C18H14N2O6/c1-24-14-8-5-12(16(10-14)25-2)9-15-18(21)26-17(19-15)11-3-6-13(7-4-11)20(22)23/h3-10H,1-2H3. The van der Waals surface area contributed by atoms with Crippen molar-refractivity contribution in [2.24, 2.45) is 4.99 Å². The number of nitro benzene ring substituents is 1. The zero-order valence-corrected chi connectivity index (χ0v) is 14.0. The fraction of sp³-hybridized carbons (Fsp3) is 0.111. The van der Waals surface area contributed by atoms with E-state index in [2.05, 4.69) is 4.99 Å². The van der Waals surface area contributed by atoms with Gasteiger partial charge in [0.2, 0.25) is 5.90 Å². The summed E-state index contributed by atoms with van der Waals surface area (Å²) in [4.78, 5) is 26.5. The number of non-ortho nitro benzene ring substituents is 1. The first-order valence-electron chi connectivity index (χ1n) is 7.51. The van der Waals surface area contributed by atoms with Gasteiger partial charge in [-0.25, -0.2) is 9.79 Å². The lowest BCUT2D eigenvalue weighted by Gasteiger charge is -2.07. The van der Waals surface area contributed by atoms with Gasteiger partial charge in [0, 0.05) is 29.3 Å². The van der Waals surface area contributed by atoms with Gasteiger partial charge in [-0.1, -0.05) is 0 Å². The highest BCUT2D eigenvalue weighted by Crippen LogP contribution is 2.28. The summed E-state index contributed by atoms with van der Waals surface area (Å²) >= 11 is 0. The maximum atomic E-state index is 12.1. The van der Waals surface area contributed by atoms with E-state index in [4.69, 9.17) is 14.2 Å². The molecule has 1 aliphatic heterocycles. The van der Waals surface area contributed by atoms with Gasteiger partial charge in [0.05, 0.1) is 19.1 Å². The van der Waals surface area contributed by atoms with Crippen LogP contribution in [0.15, 0.2) is 53.2 Å². The van der Waals surface area contributed by atoms with Crippen LogP contribution in [-0.2, 0) is 9.53 Å². The molecule has 0 saturated carbocycles. The molecular weight excluding hydrogens is 340 g/mol. The molecule has 0 unspecified atom stereocenters. The van der Waals surface area contributed by atoms with E-state index in [0.717, 1.165) is 0 Å². The van der Waals surface area contributed by atoms with E-state index >= 15 is 0 Å². The van der Waals surface area contributed by atoms with Gasteiger partial charge in [-0.15, -0.1) is 0 Å². The van der Waals surface area contributed by atoms with Crippen LogP contribution < -0.4 is 9.47 Å². The molecule has 0 fully saturated rings. The summed E-state index contributed by atoms with van der Waals surface area (Å²) in [5.41, 5.74) is 1.14. The van der Waals surface area contributed by atoms with E-state index in [1.807, 2.05) is 0 Å². The SMILES string of the molecule is COc1ccc(C=C2N=C(c3ccc([N+](=O)[O-])cc3)OC2=O)c(OC)c1. The Hall–Kier alpha value is -3.68.